The Morgan fingerprint density at radius 3 is 2.67 bits per heavy atom. The fourth-order valence-electron chi connectivity index (χ4n) is 3.29. The maximum Gasteiger partial charge on any atom is 0.0284 e. The number of hydrogen-bond acceptors (Lipinski definition) is 3. The summed E-state index contributed by atoms with van der Waals surface area (Å²) in [5.74, 6) is 0. The summed E-state index contributed by atoms with van der Waals surface area (Å²) >= 11 is 0. The minimum Gasteiger partial charge on any atom is -0.324 e. The Labute approximate surface area is 92.6 Å². The number of likely N-dealkylation sites (N-methyl/N-ethyl adjacent to an activating group) is 1. The van der Waals surface area contributed by atoms with Crippen molar-refractivity contribution in [3.05, 3.63) is 0 Å². The Kier molecular flexibility index (Phi) is 2.31. The van der Waals surface area contributed by atoms with Crippen LogP contribution in [0, 0.1) is 0 Å². The third kappa shape index (κ3) is 1.93. The van der Waals surface area contributed by atoms with Crippen LogP contribution in [0.4, 0.5) is 0 Å². The molecule has 0 amide bonds. The van der Waals surface area contributed by atoms with Crippen molar-refractivity contribution < 1.29 is 0 Å². The monoisotopic (exact) mass is 209 g/mol. The van der Waals surface area contributed by atoms with Crippen molar-refractivity contribution >= 4 is 0 Å². The van der Waals surface area contributed by atoms with Gasteiger partial charge in [-0.05, 0) is 45.7 Å². The molecule has 3 aliphatic rings. The Morgan fingerprint density at radius 2 is 1.93 bits per heavy atom. The molecule has 0 spiro atoms. The molecule has 2 unspecified atom stereocenters. The zero-order valence-corrected chi connectivity index (χ0v) is 9.78. The van der Waals surface area contributed by atoms with Crippen LogP contribution in [-0.4, -0.2) is 54.1 Å². The van der Waals surface area contributed by atoms with Gasteiger partial charge in [0.2, 0.25) is 0 Å². The summed E-state index contributed by atoms with van der Waals surface area (Å²) in [5.41, 5.74) is 6.40. The predicted octanol–water partition coefficient (Wildman–Crippen LogP) is 0.646. The molecule has 2 saturated heterocycles. The summed E-state index contributed by atoms with van der Waals surface area (Å²) in [4.78, 5) is 5.23. The van der Waals surface area contributed by atoms with E-state index in [2.05, 4.69) is 16.8 Å². The first-order valence-electron chi connectivity index (χ1n) is 6.39. The van der Waals surface area contributed by atoms with Crippen LogP contribution in [0.2, 0.25) is 0 Å². The highest BCUT2D eigenvalue weighted by Crippen LogP contribution is 2.35. The molecule has 3 heteroatoms. The molecule has 3 nitrogen and oxygen atoms in total. The molecule has 15 heavy (non-hydrogen) atoms. The number of hydrogen-bond donors (Lipinski definition) is 1. The van der Waals surface area contributed by atoms with E-state index in [9.17, 15) is 0 Å². The standard InChI is InChI=1S/C12H23N3/c1-14-10-2-3-11(14)8-15(7-4-10)9-12(13)5-6-12/h10-11H,2-9,13H2,1H3. The third-order valence-corrected chi connectivity index (χ3v) is 4.66. The van der Waals surface area contributed by atoms with E-state index in [1.807, 2.05) is 0 Å². The predicted molar refractivity (Wildman–Crippen MR) is 61.8 cm³/mol. The van der Waals surface area contributed by atoms with Gasteiger partial charge in [-0.2, -0.15) is 0 Å². The molecule has 3 rings (SSSR count). The van der Waals surface area contributed by atoms with Gasteiger partial charge in [0.1, 0.15) is 0 Å². The number of nitrogens with two attached hydrogens (primary N) is 1. The van der Waals surface area contributed by atoms with E-state index in [0.717, 1.165) is 18.6 Å². The molecule has 86 valence electrons. The summed E-state index contributed by atoms with van der Waals surface area (Å²) in [6.45, 7) is 3.67. The van der Waals surface area contributed by atoms with Crippen LogP contribution < -0.4 is 5.73 Å². The number of likely N-dealkylation sites (tertiary alicyclic amines) is 1. The number of rotatable bonds is 2. The van der Waals surface area contributed by atoms with Crippen molar-refractivity contribution in [3.8, 4) is 0 Å². The fourth-order valence-corrected chi connectivity index (χ4v) is 3.29. The van der Waals surface area contributed by atoms with Crippen molar-refractivity contribution in [2.75, 3.05) is 26.7 Å². The lowest BCUT2D eigenvalue weighted by Gasteiger charge is -2.27. The molecule has 1 saturated carbocycles. The van der Waals surface area contributed by atoms with Crippen LogP contribution in [0.1, 0.15) is 32.1 Å². The zero-order valence-electron chi connectivity index (χ0n) is 9.78. The lowest BCUT2D eigenvalue weighted by molar-refractivity contribution is 0.208. The molecule has 2 N–H and O–H groups in total. The normalized spacial score (nSPS) is 40.4. The van der Waals surface area contributed by atoms with Crippen LogP contribution in [-0.2, 0) is 0 Å². The first kappa shape index (κ1) is 10.1. The van der Waals surface area contributed by atoms with E-state index in [1.54, 1.807) is 0 Å². The van der Waals surface area contributed by atoms with Crippen LogP contribution >= 0.6 is 0 Å². The van der Waals surface area contributed by atoms with Crippen molar-refractivity contribution in [1.82, 2.24) is 9.80 Å². The van der Waals surface area contributed by atoms with Gasteiger partial charge in [0, 0.05) is 30.7 Å². The molecule has 2 aliphatic heterocycles. The smallest absolute Gasteiger partial charge is 0.0284 e. The summed E-state index contributed by atoms with van der Waals surface area (Å²) in [7, 11) is 2.31. The maximum absolute atomic E-state index is 6.21. The van der Waals surface area contributed by atoms with Crippen molar-refractivity contribution in [3.63, 3.8) is 0 Å². The molecule has 0 radical (unpaired) electrons. The maximum atomic E-state index is 6.21. The average molecular weight is 209 g/mol. The van der Waals surface area contributed by atoms with Gasteiger partial charge >= 0.3 is 0 Å². The van der Waals surface area contributed by atoms with E-state index < -0.39 is 0 Å². The first-order chi connectivity index (χ1) is 7.16. The SMILES string of the molecule is CN1C2CCC1CN(CC1(N)CC1)CC2. The molecule has 0 aromatic heterocycles. The van der Waals surface area contributed by atoms with E-state index in [1.165, 1.54) is 45.2 Å². The molecular weight excluding hydrogens is 186 g/mol. The quantitative estimate of drug-likeness (QED) is 0.724. The summed E-state index contributed by atoms with van der Waals surface area (Å²) in [6.07, 6.45) is 6.65. The lowest BCUT2D eigenvalue weighted by atomic mass is 10.1. The van der Waals surface area contributed by atoms with Crippen molar-refractivity contribution in [1.29, 1.82) is 0 Å². The van der Waals surface area contributed by atoms with E-state index >= 15 is 0 Å². The van der Waals surface area contributed by atoms with Gasteiger partial charge in [-0.25, -0.2) is 0 Å². The number of fused-ring (bicyclic) bond motifs is 2. The van der Waals surface area contributed by atoms with Crippen molar-refractivity contribution in [2.24, 2.45) is 5.73 Å². The molecule has 0 aromatic rings. The van der Waals surface area contributed by atoms with Gasteiger partial charge in [0.05, 0.1) is 0 Å². The highest BCUT2D eigenvalue weighted by molar-refractivity contribution is 5.02. The number of nitrogens with zero attached hydrogens (tertiary/aromatic N) is 2. The Balaban J connectivity index is 1.63. The van der Waals surface area contributed by atoms with Gasteiger partial charge < -0.3 is 5.73 Å². The largest absolute Gasteiger partial charge is 0.324 e. The van der Waals surface area contributed by atoms with Gasteiger partial charge in [-0.3, -0.25) is 9.80 Å². The third-order valence-electron chi connectivity index (χ3n) is 4.66. The fraction of sp³-hybridized carbons (Fsp3) is 1.00. The van der Waals surface area contributed by atoms with Gasteiger partial charge in [-0.1, -0.05) is 0 Å². The second kappa shape index (κ2) is 3.44. The van der Waals surface area contributed by atoms with Crippen LogP contribution in [0.25, 0.3) is 0 Å². The van der Waals surface area contributed by atoms with Gasteiger partial charge in [-0.15, -0.1) is 0 Å². The Hall–Kier alpha value is -0.120. The second-order valence-electron chi connectivity index (χ2n) is 5.94. The van der Waals surface area contributed by atoms with E-state index in [0.29, 0.717) is 0 Å². The first-order valence-corrected chi connectivity index (χ1v) is 6.39. The summed E-state index contributed by atoms with van der Waals surface area (Å²) < 4.78 is 0. The van der Waals surface area contributed by atoms with Gasteiger partial charge in [0.15, 0.2) is 0 Å². The lowest BCUT2D eigenvalue weighted by Crippen LogP contribution is -2.43. The van der Waals surface area contributed by atoms with Gasteiger partial charge in [0.25, 0.3) is 0 Å². The van der Waals surface area contributed by atoms with E-state index in [4.69, 9.17) is 5.73 Å². The topological polar surface area (TPSA) is 32.5 Å². The van der Waals surface area contributed by atoms with Crippen molar-refractivity contribution in [2.45, 2.75) is 49.7 Å². The Bertz CT molecular complexity index is 249. The molecule has 3 fully saturated rings. The summed E-state index contributed by atoms with van der Waals surface area (Å²) in [5, 5.41) is 0. The molecule has 2 bridgehead atoms. The molecule has 1 aliphatic carbocycles. The molecular formula is C12H23N3. The zero-order chi connectivity index (χ0) is 10.5. The highest BCUT2D eigenvalue weighted by atomic mass is 15.3. The minimum atomic E-state index is 0.197. The summed E-state index contributed by atoms with van der Waals surface area (Å²) in [6, 6.07) is 1.66. The molecule has 2 heterocycles. The molecule has 0 aromatic carbocycles. The molecule has 2 atom stereocenters. The average Bonchev–Trinajstić information content (AvgIpc) is 2.81. The second-order valence-corrected chi connectivity index (χ2v) is 5.94. The van der Waals surface area contributed by atoms with Crippen LogP contribution in [0.3, 0.4) is 0 Å². The van der Waals surface area contributed by atoms with E-state index in [-0.39, 0.29) is 5.54 Å². The highest BCUT2D eigenvalue weighted by Gasteiger charge is 2.42. The minimum absolute atomic E-state index is 0.197. The van der Waals surface area contributed by atoms with Crippen LogP contribution in [0.15, 0.2) is 0 Å². The van der Waals surface area contributed by atoms with Crippen LogP contribution in [0.5, 0.6) is 0 Å². The Morgan fingerprint density at radius 1 is 1.20 bits per heavy atom.